The molecule has 1 rings (SSSR count). The molecular formula is C11H20ClNO3Si. The molecule has 0 fully saturated rings. The molecule has 1 aromatic rings. The summed E-state index contributed by atoms with van der Waals surface area (Å²) in [7, 11) is 2.56. The van der Waals surface area contributed by atoms with Gasteiger partial charge in [0.05, 0.1) is 0 Å². The average Bonchev–Trinajstić information content (AvgIpc) is 2.37. The van der Waals surface area contributed by atoms with Crippen LogP contribution in [-0.4, -0.2) is 30.1 Å². The van der Waals surface area contributed by atoms with Gasteiger partial charge in [-0.25, -0.2) is 4.57 Å². The van der Waals surface area contributed by atoms with E-state index >= 15 is 0 Å². The topological polar surface area (TPSA) is 31.6 Å². The van der Waals surface area contributed by atoms with E-state index in [1.54, 1.807) is 21.3 Å². The summed E-state index contributed by atoms with van der Waals surface area (Å²) in [6, 6.07) is 6.88. The predicted octanol–water partition coefficient (Wildman–Crippen LogP) is -1.75. The Kier molecular flexibility index (Phi) is 8.37. The molecular weight excluding hydrogens is 258 g/mol. The van der Waals surface area contributed by atoms with Crippen molar-refractivity contribution in [3.8, 4) is 0 Å². The van der Waals surface area contributed by atoms with Crippen molar-refractivity contribution in [2.45, 2.75) is 19.0 Å². The number of nitrogens with zero attached hydrogens (tertiary/aromatic N) is 1. The minimum absolute atomic E-state index is 0. The van der Waals surface area contributed by atoms with Crippen molar-refractivity contribution >= 4 is 8.80 Å². The molecule has 0 atom stereocenters. The summed E-state index contributed by atoms with van der Waals surface area (Å²) >= 11 is 0. The fourth-order valence-corrected chi connectivity index (χ4v) is 3.32. The van der Waals surface area contributed by atoms with Crippen molar-refractivity contribution < 1.29 is 30.3 Å². The van der Waals surface area contributed by atoms with Crippen LogP contribution in [0.1, 0.15) is 6.42 Å². The van der Waals surface area contributed by atoms with E-state index in [9.17, 15) is 0 Å². The highest BCUT2D eigenvalue weighted by atomic mass is 35.5. The van der Waals surface area contributed by atoms with Crippen molar-refractivity contribution in [1.29, 1.82) is 0 Å². The highest BCUT2D eigenvalue weighted by molar-refractivity contribution is 6.60. The van der Waals surface area contributed by atoms with Crippen LogP contribution >= 0.6 is 0 Å². The van der Waals surface area contributed by atoms with Crippen LogP contribution in [-0.2, 0) is 19.8 Å². The van der Waals surface area contributed by atoms with E-state index in [0.29, 0.717) is 0 Å². The van der Waals surface area contributed by atoms with E-state index in [2.05, 4.69) is 17.0 Å². The fourth-order valence-electron chi connectivity index (χ4n) is 1.62. The minimum atomic E-state index is -2.38. The van der Waals surface area contributed by atoms with E-state index in [-0.39, 0.29) is 12.4 Å². The first-order valence-electron chi connectivity index (χ1n) is 5.36. The molecule has 4 nitrogen and oxygen atoms in total. The minimum Gasteiger partial charge on any atom is -1.00 e. The molecule has 0 amide bonds. The Morgan fingerprint density at radius 2 is 1.47 bits per heavy atom. The molecule has 1 aromatic heterocycles. The highest BCUT2D eigenvalue weighted by Gasteiger charge is 2.37. The maximum Gasteiger partial charge on any atom is 0.500 e. The summed E-state index contributed by atoms with van der Waals surface area (Å²) in [6.07, 6.45) is 5.09. The van der Waals surface area contributed by atoms with E-state index < -0.39 is 8.80 Å². The second-order valence-corrected chi connectivity index (χ2v) is 6.60. The van der Waals surface area contributed by atoms with Crippen LogP contribution in [0.15, 0.2) is 30.6 Å². The number of rotatable bonds is 7. The molecule has 0 unspecified atom stereocenters. The monoisotopic (exact) mass is 277 g/mol. The summed E-state index contributed by atoms with van der Waals surface area (Å²) in [5.74, 6) is 0. The Morgan fingerprint density at radius 1 is 0.941 bits per heavy atom. The van der Waals surface area contributed by atoms with Gasteiger partial charge in [-0.2, -0.15) is 0 Å². The standard InChI is InChI=1S/C11H20NO3Si.ClH/c1-13-16(14-2,15-3)11-7-10-12-8-5-4-6-9-12;/h4-6,8-9H,7,10-11H2,1-3H3;1H/q+1;/p-1. The van der Waals surface area contributed by atoms with Crippen LogP contribution in [0.4, 0.5) is 0 Å². The number of hydrogen-bond acceptors (Lipinski definition) is 3. The van der Waals surface area contributed by atoms with E-state index in [1.807, 2.05) is 18.2 Å². The average molecular weight is 278 g/mol. The van der Waals surface area contributed by atoms with E-state index in [1.165, 1.54) is 0 Å². The second-order valence-electron chi connectivity index (χ2n) is 3.51. The molecule has 6 heteroatoms. The third-order valence-electron chi connectivity index (χ3n) is 2.61. The molecule has 0 radical (unpaired) electrons. The van der Waals surface area contributed by atoms with Crippen LogP contribution in [0.5, 0.6) is 0 Å². The lowest BCUT2D eigenvalue weighted by molar-refractivity contribution is -0.697. The Balaban J connectivity index is 0.00000256. The largest absolute Gasteiger partial charge is 1.00 e. The summed E-state index contributed by atoms with van der Waals surface area (Å²) in [5, 5.41) is 0. The van der Waals surface area contributed by atoms with Gasteiger partial charge in [-0.1, -0.05) is 6.07 Å². The van der Waals surface area contributed by atoms with Crippen LogP contribution < -0.4 is 17.0 Å². The molecule has 17 heavy (non-hydrogen) atoms. The van der Waals surface area contributed by atoms with Gasteiger partial charge in [-0.15, -0.1) is 0 Å². The van der Waals surface area contributed by atoms with Crippen molar-refractivity contribution in [3.63, 3.8) is 0 Å². The fraction of sp³-hybridized carbons (Fsp3) is 0.545. The van der Waals surface area contributed by atoms with Gasteiger partial charge >= 0.3 is 8.80 Å². The van der Waals surface area contributed by atoms with Crippen LogP contribution in [0.2, 0.25) is 6.04 Å². The maximum atomic E-state index is 5.36. The number of hydrogen-bond donors (Lipinski definition) is 0. The maximum absolute atomic E-state index is 5.36. The Bertz CT molecular complexity index is 288. The number of aromatic nitrogens is 1. The molecule has 0 spiro atoms. The zero-order valence-corrected chi connectivity index (χ0v) is 12.3. The first-order chi connectivity index (χ1) is 7.76. The SMILES string of the molecule is CO[Si](CCC[n+]1ccccc1)(OC)OC.[Cl-]. The van der Waals surface area contributed by atoms with E-state index in [0.717, 1.165) is 19.0 Å². The molecule has 0 bridgehead atoms. The van der Waals surface area contributed by atoms with Crippen LogP contribution in [0.25, 0.3) is 0 Å². The number of halogens is 1. The normalized spacial score (nSPS) is 11.0. The van der Waals surface area contributed by atoms with Gasteiger partial charge < -0.3 is 25.7 Å². The zero-order valence-electron chi connectivity index (χ0n) is 10.6. The molecule has 0 aliphatic heterocycles. The van der Waals surface area contributed by atoms with Crippen LogP contribution in [0, 0.1) is 0 Å². The summed E-state index contributed by atoms with van der Waals surface area (Å²) < 4.78 is 18.2. The quantitative estimate of drug-likeness (QED) is 0.438. The zero-order chi connectivity index (χ0) is 11.9. The molecule has 0 aliphatic rings. The van der Waals surface area contributed by atoms with Crippen molar-refractivity contribution in [3.05, 3.63) is 30.6 Å². The van der Waals surface area contributed by atoms with Crippen molar-refractivity contribution in [2.75, 3.05) is 21.3 Å². The molecule has 0 aromatic carbocycles. The van der Waals surface area contributed by atoms with Crippen LogP contribution in [0.3, 0.4) is 0 Å². The smallest absolute Gasteiger partial charge is 0.500 e. The summed E-state index contributed by atoms with van der Waals surface area (Å²) in [6.45, 7) is 0.950. The van der Waals surface area contributed by atoms with Gasteiger partial charge in [0, 0.05) is 45.9 Å². The van der Waals surface area contributed by atoms with Crippen molar-refractivity contribution in [2.24, 2.45) is 0 Å². The number of aryl methyl sites for hydroxylation is 1. The third kappa shape index (κ3) is 5.14. The Morgan fingerprint density at radius 3 is 1.94 bits per heavy atom. The summed E-state index contributed by atoms with van der Waals surface area (Å²) in [4.78, 5) is 0. The highest BCUT2D eigenvalue weighted by Crippen LogP contribution is 2.14. The van der Waals surface area contributed by atoms with Gasteiger partial charge in [-0.3, -0.25) is 0 Å². The summed E-state index contributed by atoms with van der Waals surface area (Å²) in [5.41, 5.74) is 0. The lowest BCUT2D eigenvalue weighted by atomic mass is 10.4. The lowest BCUT2D eigenvalue weighted by Gasteiger charge is -2.23. The van der Waals surface area contributed by atoms with Gasteiger partial charge in [0.2, 0.25) is 0 Å². The second kappa shape index (κ2) is 8.60. The Hall–Kier alpha value is -0.463. The van der Waals surface area contributed by atoms with Gasteiger partial charge in [-0.05, 0) is 0 Å². The van der Waals surface area contributed by atoms with Gasteiger partial charge in [0.25, 0.3) is 0 Å². The molecule has 0 N–H and O–H groups in total. The molecule has 0 saturated carbocycles. The molecule has 0 aliphatic carbocycles. The Labute approximate surface area is 110 Å². The lowest BCUT2D eigenvalue weighted by Crippen LogP contribution is -3.00. The third-order valence-corrected chi connectivity index (χ3v) is 5.44. The van der Waals surface area contributed by atoms with Gasteiger partial charge in [0.1, 0.15) is 6.54 Å². The van der Waals surface area contributed by atoms with E-state index in [4.69, 9.17) is 13.3 Å². The first kappa shape index (κ1) is 16.5. The molecule has 98 valence electrons. The molecule has 1 heterocycles. The van der Waals surface area contributed by atoms with Gasteiger partial charge in [0.15, 0.2) is 12.4 Å². The molecule has 0 saturated heterocycles. The first-order valence-corrected chi connectivity index (χ1v) is 7.29. The van der Waals surface area contributed by atoms with Crippen molar-refractivity contribution in [1.82, 2.24) is 0 Å². The number of pyridine rings is 1. The predicted molar refractivity (Wildman–Crippen MR) is 62.8 cm³/mol.